The van der Waals surface area contributed by atoms with Crippen molar-refractivity contribution in [3.63, 3.8) is 0 Å². The van der Waals surface area contributed by atoms with Gasteiger partial charge in [-0.2, -0.15) is 0 Å². The number of sulfonamides is 1. The molecule has 3 rings (SSSR count). The number of hydrogen-bond donors (Lipinski definition) is 2. The second kappa shape index (κ2) is 10.3. The number of amides is 1. The highest BCUT2D eigenvalue weighted by Gasteiger charge is 2.14. The second-order valence-corrected chi connectivity index (χ2v) is 8.71. The Bertz CT molecular complexity index is 1120. The van der Waals surface area contributed by atoms with Crippen molar-refractivity contribution < 1.29 is 22.3 Å². The molecule has 1 amide bonds. The Balaban J connectivity index is 1.47. The van der Waals surface area contributed by atoms with E-state index < -0.39 is 15.8 Å². The van der Waals surface area contributed by atoms with Crippen molar-refractivity contribution in [3.8, 4) is 5.75 Å². The van der Waals surface area contributed by atoms with Crippen LogP contribution >= 0.6 is 11.6 Å². The average molecular weight is 463 g/mol. The number of ether oxygens (including phenoxy) is 1. The molecule has 3 aromatic carbocycles. The molecule has 3 aromatic rings. The lowest BCUT2D eigenvalue weighted by Gasteiger charge is -2.10. The number of hydrogen-bond acceptors (Lipinski definition) is 4. The molecule has 0 aliphatic rings. The van der Waals surface area contributed by atoms with Crippen LogP contribution < -0.4 is 14.8 Å². The highest BCUT2D eigenvalue weighted by atomic mass is 35.5. The van der Waals surface area contributed by atoms with Gasteiger partial charge in [0.2, 0.25) is 5.91 Å². The summed E-state index contributed by atoms with van der Waals surface area (Å²) in [5.41, 5.74) is 0.726. The van der Waals surface area contributed by atoms with Gasteiger partial charge in [-0.05, 0) is 79.2 Å². The van der Waals surface area contributed by atoms with Crippen LogP contribution in [0, 0.1) is 5.82 Å². The van der Waals surface area contributed by atoms with E-state index >= 15 is 0 Å². The molecule has 0 saturated carbocycles. The molecule has 0 unspecified atom stereocenters. The van der Waals surface area contributed by atoms with Crippen LogP contribution in [0.15, 0.2) is 77.7 Å². The zero-order valence-electron chi connectivity index (χ0n) is 16.3. The second-order valence-electron chi connectivity index (χ2n) is 6.59. The first-order valence-electron chi connectivity index (χ1n) is 9.38. The van der Waals surface area contributed by atoms with Gasteiger partial charge in [0.25, 0.3) is 10.0 Å². The van der Waals surface area contributed by atoms with E-state index in [4.69, 9.17) is 16.3 Å². The first-order valence-corrected chi connectivity index (χ1v) is 11.2. The van der Waals surface area contributed by atoms with Crippen LogP contribution in [0.3, 0.4) is 0 Å². The summed E-state index contributed by atoms with van der Waals surface area (Å²) in [6.07, 6.45) is 0.766. The third kappa shape index (κ3) is 6.97. The number of anilines is 2. The van der Waals surface area contributed by atoms with Gasteiger partial charge < -0.3 is 10.1 Å². The monoisotopic (exact) mass is 462 g/mol. The molecular weight excluding hydrogens is 443 g/mol. The Kier molecular flexibility index (Phi) is 7.49. The van der Waals surface area contributed by atoms with Crippen LogP contribution in [0.4, 0.5) is 15.8 Å². The molecule has 0 heterocycles. The van der Waals surface area contributed by atoms with Crippen LogP contribution in [-0.2, 0) is 14.8 Å². The molecule has 0 spiro atoms. The van der Waals surface area contributed by atoms with E-state index in [0.29, 0.717) is 29.5 Å². The molecule has 0 aliphatic heterocycles. The van der Waals surface area contributed by atoms with Crippen molar-refractivity contribution in [2.75, 3.05) is 16.6 Å². The average Bonchev–Trinajstić information content (AvgIpc) is 2.74. The fourth-order valence-electron chi connectivity index (χ4n) is 2.63. The quantitative estimate of drug-likeness (QED) is 0.434. The highest BCUT2D eigenvalue weighted by molar-refractivity contribution is 7.92. The minimum Gasteiger partial charge on any atom is -0.494 e. The van der Waals surface area contributed by atoms with Gasteiger partial charge in [-0.1, -0.05) is 11.6 Å². The summed E-state index contributed by atoms with van der Waals surface area (Å²) in [6, 6.07) is 17.7. The van der Waals surface area contributed by atoms with Crippen molar-refractivity contribution in [1.29, 1.82) is 0 Å². The zero-order chi connectivity index (χ0) is 22.3. The van der Waals surface area contributed by atoms with Crippen molar-refractivity contribution in [2.45, 2.75) is 17.7 Å². The summed E-state index contributed by atoms with van der Waals surface area (Å²) in [7, 11) is -3.83. The van der Waals surface area contributed by atoms with Gasteiger partial charge in [-0.3, -0.25) is 9.52 Å². The van der Waals surface area contributed by atoms with Gasteiger partial charge in [0.05, 0.1) is 11.5 Å². The summed E-state index contributed by atoms with van der Waals surface area (Å²) in [5, 5.41) is 3.34. The van der Waals surface area contributed by atoms with Gasteiger partial charge in [-0.25, -0.2) is 12.8 Å². The van der Waals surface area contributed by atoms with Crippen LogP contribution in [0.5, 0.6) is 5.75 Å². The zero-order valence-corrected chi connectivity index (χ0v) is 17.9. The van der Waals surface area contributed by atoms with Crippen molar-refractivity contribution in [3.05, 3.63) is 83.6 Å². The lowest BCUT2D eigenvalue weighted by Crippen LogP contribution is -2.14. The first kappa shape index (κ1) is 22.6. The summed E-state index contributed by atoms with van der Waals surface area (Å²) in [4.78, 5) is 12.1. The molecular formula is C22H20ClFN2O4S. The topological polar surface area (TPSA) is 84.5 Å². The molecule has 6 nitrogen and oxygen atoms in total. The lowest BCUT2D eigenvalue weighted by atomic mass is 10.2. The maximum Gasteiger partial charge on any atom is 0.261 e. The van der Waals surface area contributed by atoms with E-state index in [-0.39, 0.29) is 22.9 Å². The van der Waals surface area contributed by atoms with Crippen LogP contribution in [0.25, 0.3) is 0 Å². The Morgan fingerprint density at radius 3 is 2.16 bits per heavy atom. The van der Waals surface area contributed by atoms with Crippen LogP contribution in [0.2, 0.25) is 5.02 Å². The van der Waals surface area contributed by atoms with Crippen molar-refractivity contribution in [2.24, 2.45) is 0 Å². The predicted molar refractivity (Wildman–Crippen MR) is 118 cm³/mol. The molecule has 9 heteroatoms. The van der Waals surface area contributed by atoms with Gasteiger partial charge in [0, 0.05) is 22.8 Å². The lowest BCUT2D eigenvalue weighted by molar-refractivity contribution is -0.116. The fraction of sp³-hybridized carbons (Fsp3) is 0.136. The fourth-order valence-corrected chi connectivity index (χ4v) is 3.81. The molecule has 0 bridgehead atoms. The van der Waals surface area contributed by atoms with Gasteiger partial charge in [0.15, 0.2) is 0 Å². The SMILES string of the molecule is O=C(CCCOc1ccc(Cl)cc1)Nc1ccc(S(=O)(=O)Nc2ccc(F)cc2)cc1. The molecule has 162 valence electrons. The molecule has 31 heavy (non-hydrogen) atoms. The molecule has 0 aromatic heterocycles. The minimum absolute atomic E-state index is 0.0196. The van der Waals surface area contributed by atoms with E-state index in [9.17, 15) is 17.6 Å². The summed E-state index contributed by atoms with van der Waals surface area (Å²) >= 11 is 5.81. The van der Waals surface area contributed by atoms with Crippen molar-refractivity contribution >= 4 is 38.9 Å². The Labute approximate surface area is 185 Å². The number of rotatable bonds is 9. The number of halogens is 2. The Hall–Kier alpha value is -3.10. The Morgan fingerprint density at radius 2 is 1.52 bits per heavy atom. The normalized spacial score (nSPS) is 11.0. The summed E-state index contributed by atoms with van der Waals surface area (Å²) < 4.78 is 45.7. The molecule has 0 saturated heterocycles. The van der Waals surface area contributed by atoms with E-state index in [2.05, 4.69) is 10.0 Å². The number of nitrogens with one attached hydrogen (secondary N) is 2. The maximum atomic E-state index is 13.0. The molecule has 0 atom stereocenters. The van der Waals surface area contributed by atoms with E-state index in [1.165, 1.54) is 36.4 Å². The van der Waals surface area contributed by atoms with Crippen LogP contribution in [-0.4, -0.2) is 20.9 Å². The smallest absolute Gasteiger partial charge is 0.261 e. The molecule has 0 aliphatic carbocycles. The van der Waals surface area contributed by atoms with Gasteiger partial charge in [-0.15, -0.1) is 0 Å². The summed E-state index contributed by atoms with van der Waals surface area (Å²) in [5.74, 6) is 0.00943. The predicted octanol–water partition coefficient (Wildman–Crippen LogP) is 5.08. The molecule has 0 radical (unpaired) electrons. The van der Waals surface area contributed by atoms with Crippen LogP contribution in [0.1, 0.15) is 12.8 Å². The maximum absolute atomic E-state index is 13.0. The molecule has 0 fully saturated rings. The summed E-state index contributed by atoms with van der Waals surface area (Å²) in [6.45, 7) is 0.376. The molecule has 2 N–H and O–H groups in total. The van der Waals surface area contributed by atoms with E-state index in [0.717, 1.165) is 12.1 Å². The number of carbonyl (C=O) groups is 1. The third-order valence-electron chi connectivity index (χ3n) is 4.18. The number of carbonyl (C=O) groups excluding carboxylic acids is 1. The van der Waals surface area contributed by atoms with E-state index in [1.54, 1.807) is 24.3 Å². The van der Waals surface area contributed by atoms with Gasteiger partial charge >= 0.3 is 0 Å². The Morgan fingerprint density at radius 1 is 0.903 bits per heavy atom. The van der Waals surface area contributed by atoms with Crippen molar-refractivity contribution in [1.82, 2.24) is 0 Å². The minimum atomic E-state index is -3.83. The number of benzene rings is 3. The largest absolute Gasteiger partial charge is 0.494 e. The first-order chi connectivity index (χ1) is 14.8. The standard InChI is InChI=1S/C22H20ClFN2O4S/c23-16-3-11-20(12-4-16)30-15-1-2-22(27)25-18-9-13-21(14-10-18)31(28,29)26-19-7-5-17(24)6-8-19/h3-14,26H,1-2,15H2,(H,25,27). The van der Waals surface area contributed by atoms with E-state index in [1.807, 2.05) is 0 Å². The third-order valence-corrected chi connectivity index (χ3v) is 5.82. The highest BCUT2D eigenvalue weighted by Crippen LogP contribution is 2.19. The van der Waals surface area contributed by atoms with Gasteiger partial charge in [0.1, 0.15) is 11.6 Å².